The Kier molecular flexibility index (Phi) is 3.55. The van der Waals surface area contributed by atoms with Gasteiger partial charge in [0.1, 0.15) is 0 Å². The standard InChI is InChI=1S/C20H23N3O2/c1-13-20(14-6-8-23(13)9-7-14)22-16-3-4-17(21-11-16)15-2-5-18-19(10-15)25-12-24-18/h2-5,10-11,13-14,20,22H,6-9,12H2,1H3. The van der Waals surface area contributed by atoms with Crippen molar-refractivity contribution in [1.29, 1.82) is 0 Å². The lowest BCUT2D eigenvalue weighted by atomic mass is 9.79. The molecule has 2 aromatic rings. The van der Waals surface area contributed by atoms with Crippen LogP contribution in [0.3, 0.4) is 0 Å². The molecule has 5 heteroatoms. The van der Waals surface area contributed by atoms with Crippen LogP contribution in [0.15, 0.2) is 36.5 Å². The molecule has 4 aliphatic rings. The topological polar surface area (TPSA) is 46.6 Å². The summed E-state index contributed by atoms with van der Waals surface area (Å²) in [6.45, 7) is 5.15. The number of anilines is 1. The molecule has 5 heterocycles. The summed E-state index contributed by atoms with van der Waals surface area (Å²) >= 11 is 0. The number of ether oxygens (including phenoxy) is 2. The van der Waals surface area contributed by atoms with E-state index in [0.717, 1.165) is 34.4 Å². The molecule has 3 fully saturated rings. The molecule has 5 nitrogen and oxygen atoms in total. The van der Waals surface area contributed by atoms with Gasteiger partial charge in [-0.1, -0.05) is 0 Å². The first-order chi connectivity index (χ1) is 12.3. The first-order valence-corrected chi connectivity index (χ1v) is 9.14. The number of nitrogens with one attached hydrogen (secondary N) is 1. The van der Waals surface area contributed by atoms with Gasteiger partial charge in [-0.2, -0.15) is 0 Å². The summed E-state index contributed by atoms with van der Waals surface area (Å²) in [5.74, 6) is 2.38. The fourth-order valence-corrected chi connectivity index (χ4v) is 4.44. The lowest BCUT2D eigenvalue weighted by Crippen LogP contribution is -2.59. The Hall–Kier alpha value is -2.27. The van der Waals surface area contributed by atoms with Crippen LogP contribution in [-0.2, 0) is 0 Å². The van der Waals surface area contributed by atoms with Crippen LogP contribution in [0.1, 0.15) is 19.8 Å². The van der Waals surface area contributed by atoms with Crippen LogP contribution in [0.4, 0.5) is 5.69 Å². The predicted octanol–water partition coefficient (Wildman–Crippen LogP) is 3.37. The Morgan fingerprint density at radius 2 is 1.92 bits per heavy atom. The van der Waals surface area contributed by atoms with Gasteiger partial charge in [0.05, 0.1) is 17.6 Å². The van der Waals surface area contributed by atoms with E-state index in [1.807, 2.05) is 24.4 Å². The number of hydrogen-bond acceptors (Lipinski definition) is 5. The van der Waals surface area contributed by atoms with E-state index >= 15 is 0 Å². The molecule has 1 aromatic heterocycles. The number of aromatic nitrogens is 1. The number of nitrogens with zero attached hydrogens (tertiary/aromatic N) is 2. The third kappa shape index (κ3) is 2.63. The second-order valence-corrected chi connectivity index (χ2v) is 7.28. The molecule has 0 amide bonds. The van der Waals surface area contributed by atoms with E-state index in [1.165, 1.54) is 25.9 Å². The molecule has 4 aliphatic heterocycles. The van der Waals surface area contributed by atoms with Crippen LogP contribution in [-0.4, -0.2) is 41.9 Å². The van der Waals surface area contributed by atoms with E-state index in [9.17, 15) is 0 Å². The zero-order valence-corrected chi connectivity index (χ0v) is 14.4. The molecule has 0 saturated carbocycles. The van der Waals surface area contributed by atoms with Crippen molar-refractivity contribution in [2.24, 2.45) is 5.92 Å². The number of piperidine rings is 3. The summed E-state index contributed by atoms with van der Waals surface area (Å²) < 4.78 is 10.8. The summed E-state index contributed by atoms with van der Waals surface area (Å²) in [5.41, 5.74) is 3.10. The Balaban J connectivity index is 1.33. The maximum Gasteiger partial charge on any atom is 0.231 e. The van der Waals surface area contributed by atoms with Gasteiger partial charge in [0.25, 0.3) is 0 Å². The summed E-state index contributed by atoms with van der Waals surface area (Å²) in [6.07, 6.45) is 4.57. The quantitative estimate of drug-likeness (QED) is 0.930. The van der Waals surface area contributed by atoms with Crippen molar-refractivity contribution >= 4 is 5.69 Å². The molecule has 6 rings (SSSR count). The van der Waals surface area contributed by atoms with Gasteiger partial charge in [0, 0.05) is 17.6 Å². The van der Waals surface area contributed by atoms with Gasteiger partial charge in [-0.25, -0.2) is 0 Å². The normalized spacial score (nSPS) is 29.6. The molecule has 2 atom stereocenters. The van der Waals surface area contributed by atoms with Crippen LogP contribution in [0.25, 0.3) is 11.3 Å². The van der Waals surface area contributed by atoms with E-state index in [-0.39, 0.29) is 0 Å². The molecule has 1 aromatic carbocycles. The van der Waals surface area contributed by atoms with E-state index in [1.54, 1.807) is 0 Å². The molecular weight excluding hydrogens is 314 g/mol. The van der Waals surface area contributed by atoms with E-state index in [4.69, 9.17) is 9.47 Å². The van der Waals surface area contributed by atoms with Gasteiger partial charge in [0.15, 0.2) is 11.5 Å². The van der Waals surface area contributed by atoms with Gasteiger partial charge < -0.3 is 14.8 Å². The van der Waals surface area contributed by atoms with Crippen molar-refractivity contribution in [3.63, 3.8) is 0 Å². The van der Waals surface area contributed by atoms with Crippen LogP contribution in [0.5, 0.6) is 11.5 Å². The second-order valence-electron chi connectivity index (χ2n) is 7.28. The highest BCUT2D eigenvalue weighted by atomic mass is 16.7. The third-order valence-corrected chi connectivity index (χ3v) is 5.94. The van der Waals surface area contributed by atoms with Crippen molar-refractivity contribution in [3.05, 3.63) is 36.5 Å². The zero-order valence-electron chi connectivity index (χ0n) is 14.4. The van der Waals surface area contributed by atoms with E-state index < -0.39 is 0 Å². The predicted molar refractivity (Wildman–Crippen MR) is 97.0 cm³/mol. The molecule has 0 aliphatic carbocycles. The third-order valence-electron chi connectivity index (χ3n) is 5.94. The van der Waals surface area contributed by atoms with Crippen molar-refractivity contribution in [2.45, 2.75) is 31.8 Å². The highest BCUT2D eigenvalue weighted by Gasteiger charge is 2.39. The number of fused-ring (bicyclic) bond motifs is 4. The molecule has 130 valence electrons. The van der Waals surface area contributed by atoms with E-state index in [0.29, 0.717) is 18.9 Å². The van der Waals surface area contributed by atoms with Crippen LogP contribution >= 0.6 is 0 Å². The van der Waals surface area contributed by atoms with Crippen molar-refractivity contribution in [3.8, 4) is 22.8 Å². The maximum absolute atomic E-state index is 5.46. The average molecular weight is 337 g/mol. The monoisotopic (exact) mass is 337 g/mol. The van der Waals surface area contributed by atoms with Gasteiger partial charge in [-0.05, 0) is 69.1 Å². The Morgan fingerprint density at radius 1 is 1.08 bits per heavy atom. The summed E-state index contributed by atoms with van der Waals surface area (Å²) in [7, 11) is 0. The van der Waals surface area contributed by atoms with Gasteiger partial charge in [0.2, 0.25) is 6.79 Å². The molecule has 0 radical (unpaired) electrons. The lowest BCUT2D eigenvalue weighted by Gasteiger charge is -2.50. The molecule has 3 saturated heterocycles. The Morgan fingerprint density at radius 3 is 2.68 bits per heavy atom. The van der Waals surface area contributed by atoms with Crippen LogP contribution < -0.4 is 14.8 Å². The van der Waals surface area contributed by atoms with Crippen molar-refractivity contribution in [2.75, 3.05) is 25.2 Å². The molecule has 2 bridgehead atoms. The Labute approximate surface area is 148 Å². The van der Waals surface area contributed by atoms with Gasteiger partial charge in [-0.15, -0.1) is 0 Å². The van der Waals surface area contributed by atoms with Gasteiger partial charge in [-0.3, -0.25) is 9.88 Å². The zero-order chi connectivity index (χ0) is 16.8. The minimum atomic E-state index is 0.298. The average Bonchev–Trinajstić information content (AvgIpc) is 3.13. The molecule has 1 N–H and O–H groups in total. The Bertz CT molecular complexity index is 767. The fourth-order valence-electron chi connectivity index (χ4n) is 4.44. The number of benzene rings is 1. The maximum atomic E-state index is 5.46. The van der Waals surface area contributed by atoms with E-state index in [2.05, 4.69) is 34.3 Å². The second kappa shape index (κ2) is 5.92. The van der Waals surface area contributed by atoms with Crippen molar-refractivity contribution in [1.82, 2.24) is 9.88 Å². The minimum Gasteiger partial charge on any atom is -0.454 e. The molecule has 2 unspecified atom stereocenters. The molecular formula is C20H23N3O2. The SMILES string of the molecule is CC1C(Nc2ccc(-c3ccc4c(c3)OCO4)nc2)C2CCN1CC2. The number of rotatable bonds is 3. The highest BCUT2D eigenvalue weighted by molar-refractivity contribution is 5.65. The number of hydrogen-bond donors (Lipinski definition) is 1. The summed E-state index contributed by atoms with van der Waals surface area (Å²) in [6, 6.07) is 11.3. The number of pyridine rings is 1. The first-order valence-electron chi connectivity index (χ1n) is 9.14. The first kappa shape index (κ1) is 15.0. The lowest BCUT2D eigenvalue weighted by molar-refractivity contribution is 0.0458. The molecule has 0 spiro atoms. The highest BCUT2D eigenvalue weighted by Crippen LogP contribution is 2.36. The van der Waals surface area contributed by atoms with Gasteiger partial charge >= 0.3 is 0 Å². The molecule has 25 heavy (non-hydrogen) atoms. The summed E-state index contributed by atoms with van der Waals surface area (Å²) in [4.78, 5) is 7.26. The largest absolute Gasteiger partial charge is 0.454 e. The van der Waals surface area contributed by atoms with Crippen LogP contribution in [0, 0.1) is 5.92 Å². The smallest absolute Gasteiger partial charge is 0.231 e. The fraction of sp³-hybridized carbons (Fsp3) is 0.450. The summed E-state index contributed by atoms with van der Waals surface area (Å²) in [5, 5.41) is 3.73. The van der Waals surface area contributed by atoms with Crippen molar-refractivity contribution < 1.29 is 9.47 Å². The minimum absolute atomic E-state index is 0.298. The van der Waals surface area contributed by atoms with Crippen LogP contribution in [0.2, 0.25) is 0 Å².